The highest BCUT2D eigenvalue weighted by atomic mass is 19.4. The zero-order valence-electron chi connectivity index (χ0n) is 13.7. The minimum Gasteiger partial charge on any atom is -0.493 e. The Morgan fingerprint density at radius 3 is 2.56 bits per heavy atom. The largest absolute Gasteiger partial charge is 0.493 e. The minimum atomic E-state index is -4.72. The Kier molecular flexibility index (Phi) is 4.30. The van der Waals surface area contributed by atoms with E-state index in [1.165, 1.54) is 12.1 Å². The Hall–Kier alpha value is -2.38. The average molecular weight is 356 g/mol. The van der Waals surface area contributed by atoms with Gasteiger partial charge < -0.3 is 4.74 Å². The fraction of sp³-hybridized carbons (Fsp3) is 0.412. The number of ether oxygens (including phenoxy) is 1. The van der Waals surface area contributed by atoms with Gasteiger partial charge in [0.1, 0.15) is 23.0 Å². The van der Waals surface area contributed by atoms with Gasteiger partial charge in [0.15, 0.2) is 0 Å². The van der Waals surface area contributed by atoms with Gasteiger partial charge in [-0.05, 0) is 43.4 Å². The summed E-state index contributed by atoms with van der Waals surface area (Å²) < 4.78 is 59.0. The summed E-state index contributed by atoms with van der Waals surface area (Å²) in [6, 6.07) is 2.94. The molecule has 0 spiro atoms. The summed E-state index contributed by atoms with van der Waals surface area (Å²) in [4.78, 5) is 12.1. The summed E-state index contributed by atoms with van der Waals surface area (Å²) in [7, 11) is 1.06. The molecule has 3 rings (SSSR count). The molecule has 2 aromatic rings. The van der Waals surface area contributed by atoms with Crippen LogP contribution in [0.15, 0.2) is 23.0 Å². The lowest BCUT2D eigenvalue weighted by Gasteiger charge is -2.14. The lowest BCUT2D eigenvalue weighted by atomic mass is 10.1. The van der Waals surface area contributed by atoms with E-state index in [9.17, 15) is 22.4 Å². The second-order valence-electron chi connectivity index (χ2n) is 6.22. The lowest BCUT2D eigenvalue weighted by Crippen LogP contribution is -2.23. The van der Waals surface area contributed by atoms with Crippen LogP contribution in [0.1, 0.15) is 24.1 Å². The highest BCUT2D eigenvalue weighted by Gasteiger charge is 2.34. The maximum atomic E-state index is 14.3. The minimum absolute atomic E-state index is 0.175. The predicted octanol–water partition coefficient (Wildman–Crippen LogP) is 3.70. The topological polar surface area (TPSA) is 44.1 Å². The van der Waals surface area contributed by atoms with Crippen molar-refractivity contribution in [1.29, 1.82) is 0 Å². The zero-order chi connectivity index (χ0) is 18.4. The van der Waals surface area contributed by atoms with Gasteiger partial charge in [0, 0.05) is 18.7 Å². The van der Waals surface area contributed by atoms with E-state index in [0.717, 1.165) is 19.9 Å². The third-order valence-corrected chi connectivity index (χ3v) is 4.08. The first-order valence-electron chi connectivity index (χ1n) is 7.75. The van der Waals surface area contributed by atoms with Crippen LogP contribution in [-0.2, 0) is 13.2 Å². The van der Waals surface area contributed by atoms with Crippen molar-refractivity contribution < 1.29 is 22.3 Å². The monoisotopic (exact) mass is 356 g/mol. The van der Waals surface area contributed by atoms with Gasteiger partial charge in [-0.3, -0.25) is 9.48 Å². The van der Waals surface area contributed by atoms with Crippen LogP contribution in [0.25, 0.3) is 11.3 Å². The molecule has 1 heterocycles. The van der Waals surface area contributed by atoms with Gasteiger partial charge in [0.2, 0.25) is 5.43 Å². The van der Waals surface area contributed by atoms with Crippen LogP contribution in [0, 0.1) is 18.7 Å². The number of benzene rings is 1. The van der Waals surface area contributed by atoms with E-state index in [1.807, 2.05) is 0 Å². The Morgan fingerprint density at radius 2 is 1.96 bits per heavy atom. The molecular weight excluding hydrogens is 340 g/mol. The summed E-state index contributed by atoms with van der Waals surface area (Å²) in [5.41, 5.74) is -2.21. The van der Waals surface area contributed by atoms with Gasteiger partial charge >= 0.3 is 6.18 Å². The smallest absolute Gasteiger partial charge is 0.433 e. The standard InChI is InChI=1S/C17H16F4N2O2/c1-9-5-12(18)11(6-14(9)25-8-10-3-4-10)16-13(24)7-15(17(19,20)21)23(2)22-16/h5-7,10H,3-4,8H2,1-2H3. The first-order chi connectivity index (χ1) is 11.7. The van der Waals surface area contributed by atoms with Gasteiger partial charge in [-0.25, -0.2) is 4.39 Å². The molecule has 0 bridgehead atoms. The Morgan fingerprint density at radius 1 is 1.28 bits per heavy atom. The summed E-state index contributed by atoms with van der Waals surface area (Å²) in [5.74, 6) is 0.137. The van der Waals surface area contributed by atoms with Crippen molar-refractivity contribution in [3.05, 3.63) is 45.5 Å². The molecule has 0 aliphatic heterocycles. The lowest BCUT2D eigenvalue weighted by molar-refractivity contribution is -0.144. The summed E-state index contributed by atoms with van der Waals surface area (Å²) in [6.07, 6.45) is -2.56. The third-order valence-electron chi connectivity index (χ3n) is 4.08. The van der Waals surface area contributed by atoms with Crippen molar-refractivity contribution >= 4 is 0 Å². The molecule has 1 aromatic heterocycles. The van der Waals surface area contributed by atoms with Crippen molar-refractivity contribution in [2.45, 2.75) is 25.9 Å². The van der Waals surface area contributed by atoms with Gasteiger partial charge in [0.05, 0.1) is 6.61 Å². The number of hydrogen-bond donors (Lipinski definition) is 0. The molecule has 0 atom stereocenters. The van der Waals surface area contributed by atoms with Crippen LogP contribution in [0.3, 0.4) is 0 Å². The number of alkyl halides is 3. The molecule has 0 amide bonds. The van der Waals surface area contributed by atoms with Gasteiger partial charge in [-0.1, -0.05) is 0 Å². The van der Waals surface area contributed by atoms with Crippen LogP contribution >= 0.6 is 0 Å². The molecule has 0 saturated heterocycles. The molecule has 0 N–H and O–H groups in total. The number of rotatable bonds is 4. The molecule has 134 valence electrons. The first-order valence-corrected chi connectivity index (χ1v) is 7.75. The van der Waals surface area contributed by atoms with E-state index in [0.29, 0.717) is 34.6 Å². The van der Waals surface area contributed by atoms with Crippen molar-refractivity contribution in [2.24, 2.45) is 13.0 Å². The van der Waals surface area contributed by atoms with E-state index in [1.54, 1.807) is 6.92 Å². The van der Waals surface area contributed by atoms with E-state index >= 15 is 0 Å². The quantitative estimate of drug-likeness (QED) is 0.785. The number of halogens is 4. The summed E-state index contributed by atoms with van der Waals surface area (Å²) >= 11 is 0. The molecule has 0 radical (unpaired) electrons. The van der Waals surface area contributed by atoms with Gasteiger partial charge in [0.25, 0.3) is 0 Å². The highest BCUT2D eigenvalue weighted by Crippen LogP contribution is 2.33. The Labute approximate surface area is 141 Å². The zero-order valence-corrected chi connectivity index (χ0v) is 13.7. The van der Waals surface area contributed by atoms with Crippen molar-refractivity contribution in [2.75, 3.05) is 6.61 Å². The van der Waals surface area contributed by atoms with Crippen LogP contribution in [0.2, 0.25) is 0 Å². The molecule has 8 heteroatoms. The highest BCUT2D eigenvalue weighted by molar-refractivity contribution is 5.63. The van der Waals surface area contributed by atoms with Gasteiger partial charge in [-0.2, -0.15) is 18.3 Å². The maximum absolute atomic E-state index is 14.3. The number of aromatic nitrogens is 2. The molecule has 1 aromatic carbocycles. The van der Waals surface area contributed by atoms with Crippen molar-refractivity contribution in [3.63, 3.8) is 0 Å². The fourth-order valence-corrected chi connectivity index (χ4v) is 2.47. The van der Waals surface area contributed by atoms with Gasteiger partial charge in [-0.15, -0.1) is 0 Å². The SMILES string of the molecule is Cc1cc(F)c(-c2nn(C)c(C(F)(F)F)cc2=O)cc1OCC1CC1. The number of nitrogens with zero attached hydrogens (tertiary/aromatic N) is 2. The second-order valence-corrected chi connectivity index (χ2v) is 6.22. The van der Waals surface area contributed by atoms with E-state index in [4.69, 9.17) is 4.74 Å². The number of hydrogen-bond acceptors (Lipinski definition) is 3. The normalized spacial score (nSPS) is 14.6. The first kappa shape index (κ1) is 17.4. The molecule has 1 fully saturated rings. The molecule has 1 aliphatic carbocycles. The predicted molar refractivity (Wildman–Crippen MR) is 82.8 cm³/mol. The van der Waals surface area contributed by atoms with Crippen LogP contribution in [0.4, 0.5) is 17.6 Å². The molecule has 25 heavy (non-hydrogen) atoms. The molecular formula is C17H16F4N2O2. The van der Waals surface area contributed by atoms with Crippen molar-refractivity contribution in [3.8, 4) is 17.0 Å². The number of aryl methyl sites for hydroxylation is 2. The maximum Gasteiger partial charge on any atom is 0.433 e. The summed E-state index contributed by atoms with van der Waals surface area (Å²) in [5, 5.41) is 3.64. The van der Waals surface area contributed by atoms with E-state index < -0.39 is 23.1 Å². The molecule has 4 nitrogen and oxygen atoms in total. The molecule has 1 saturated carbocycles. The average Bonchev–Trinajstić information content (AvgIpc) is 3.32. The molecule has 0 unspecified atom stereocenters. The second kappa shape index (κ2) is 6.16. The van der Waals surface area contributed by atoms with Crippen LogP contribution in [0.5, 0.6) is 5.75 Å². The third kappa shape index (κ3) is 3.67. The van der Waals surface area contributed by atoms with E-state index in [-0.39, 0.29) is 11.3 Å². The Bertz CT molecular complexity index is 870. The molecule has 1 aliphatic rings. The summed E-state index contributed by atoms with van der Waals surface area (Å²) in [6.45, 7) is 2.15. The van der Waals surface area contributed by atoms with Crippen LogP contribution in [-0.4, -0.2) is 16.4 Å². The fourth-order valence-electron chi connectivity index (χ4n) is 2.47. The van der Waals surface area contributed by atoms with Crippen LogP contribution < -0.4 is 10.2 Å². The Balaban J connectivity index is 2.04. The van der Waals surface area contributed by atoms with E-state index in [2.05, 4.69) is 5.10 Å². The van der Waals surface area contributed by atoms with Crippen molar-refractivity contribution in [1.82, 2.24) is 9.78 Å².